The summed E-state index contributed by atoms with van der Waals surface area (Å²) in [5.74, 6) is 0. The summed E-state index contributed by atoms with van der Waals surface area (Å²) in [4.78, 5) is 11.6. The third-order valence-electron chi connectivity index (χ3n) is 3.09. The van der Waals surface area contributed by atoms with Gasteiger partial charge in [0.25, 0.3) is 0 Å². The lowest BCUT2D eigenvalue weighted by Gasteiger charge is -2.09. The third kappa shape index (κ3) is 4.63. The normalized spacial score (nSPS) is 9.82. The van der Waals surface area contributed by atoms with Crippen LogP contribution in [0.3, 0.4) is 0 Å². The van der Waals surface area contributed by atoms with E-state index in [2.05, 4.69) is 13.2 Å². The van der Waals surface area contributed by atoms with Gasteiger partial charge in [0.1, 0.15) is 13.2 Å². The Kier molecular flexibility index (Phi) is 5.55. The molecule has 0 aliphatic carbocycles. The molecule has 0 spiro atoms. The molecular formula is C19H18O3. The van der Waals surface area contributed by atoms with E-state index in [4.69, 9.17) is 9.47 Å². The molecular weight excluding hydrogens is 276 g/mol. The Morgan fingerprint density at radius 3 is 1.45 bits per heavy atom. The SMILES string of the molecule is C=C(COC(=O)OCC(=C)c1ccccc1)c1ccccc1. The van der Waals surface area contributed by atoms with E-state index in [0.29, 0.717) is 0 Å². The zero-order valence-electron chi connectivity index (χ0n) is 12.3. The number of hydrogen-bond donors (Lipinski definition) is 0. The van der Waals surface area contributed by atoms with Crippen LogP contribution in [0.2, 0.25) is 0 Å². The van der Waals surface area contributed by atoms with Crippen LogP contribution in [-0.2, 0) is 9.47 Å². The molecule has 0 bridgehead atoms. The molecule has 0 fully saturated rings. The number of benzene rings is 2. The van der Waals surface area contributed by atoms with Crippen LogP contribution >= 0.6 is 0 Å². The largest absolute Gasteiger partial charge is 0.508 e. The van der Waals surface area contributed by atoms with E-state index in [1.54, 1.807) is 0 Å². The van der Waals surface area contributed by atoms with Crippen LogP contribution in [0.5, 0.6) is 0 Å². The Balaban J connectivity index is 1.74. The van der Waals surface area contributed by atoms with Gasteiger partial charge >= 0.3 is 6.16 Å². The second kappa shape index (κ2) is 7.84. The maximum absolute atomic E-state index is 11.6. The van der Waals surface area contributed by atoms with Crippen molar-refractivity contribution in [2.24, 2.45) is 0 Å². The van der Waals surface area contributed by atoms with E-state index >= 15 is 0 Å². The van der Waals surface area contributed by atoms with Gasteiger partial charge in [-0.05, 0) is 22.3 Å². The third-order valence-corrected chi connectivity index (χ3v) is 3.09. The molecule has 2 rings (SSSR count). The smallest absolute Gasteiger partial charge is 0.429 e. The molecule has 0 unspecified atom stereocenters. The molecule has 0 aromatic heterocycles. The van der Waals surface area contributed by atoms with Gasteiger partial charge in [-0.2, -0.15) is 0 Å². The average Bonchev–Trinajstić information content (AvgIpc) is 2.59. The minimum absolute atomic E-state index is 0.0979. The van der Waals surface area contributed by atoms with Crippen LogP contribution in [0.1, 0.15) is 11.1 Å². The van der Waals surface area contributed by atoms with Crippen molar-refractivity contribution in [2.75, 3.05) is 13.2 Å². The highest BCUT2D eigenvalue weighted by Gasteiger charge is 2.08. The highest BCUT2D eigenvalue weighted by atomic mass is 16.7. The molecule has 0 aliphatic heterocycles. The average molecular weight is 294 g/mol. The summed E-state index contributed by atoms with van der Waals surface area (Å²) in [5, 5.41) is 0. The topological polar surface area (TPSA) is 35.5 Å². The highest BCUT2D eigenvalue weighted by Crippen LogP contribution is 2.14. The van der Waals surface area contributed by atoms with E-state index < -0.39 is 6.16 Å². The quantitative estimate of drug-likeness (QED) is 0.732. The van der Waals surface area contributed by atoms with Crippen molar-refractivity contribution in [1.82, 2.24) is 0 Å². The molecule has 0 heterocycles. The molecule has 112 valence electrons. The Bertz CT molecular complexity index is 587. The number of carbonyl (C=O) groups is 1. The minimum Gasteiger partial charge on any atom is -0.429 e. The van der Waals surface area contributed by atoms with Crippen molar-refractivity contribution in [3.05, 3.63) is 84.9 Å². The molecule has 2 aromatic carbocycles. The zero-order valence-corrected chi connectivity index (χ0v) is 12.3. The summed E-state index contributed by atoms with van der Waals surface area (Å²) in [5.41, 5.74) is 3.31. The first kappa shape index (κ1) is 15.6. The Morgan fingerprint density at radius 1 is 0.727 bits per heavy atom. The van der Waals surface area contributed by atoms with Crippen LogP contribution in [0.25, 0.3) is 11.1 Å². The lowest BCUT2D eigenvalue weighted by atomic mass is 10.1. The summed E-state index contributed by atoms with van der Waals surface area (Å²) in [7, 11) is 0. The van der Waals surface area contributed by atoms with Gasteiger partial charge in [0.2, 0.25) is 0 Å². The second-order valence-corrected chi connectivity index (χ2v) is 4.77. The van der Waals surface area contributed by atoms with Crippen LogP contribution in [-0.4, -0.2) is 19.4 Å². The summed E-state index contributed by atoms with van der Waals surface area (Å²) in [6.45, 7) is 7.97. The molecule has 22 heavy (non-hydrogen) atoms. The van der Waals surface area contributed by atoms with Crippen LogP contribution in [0, 0.1) is 0 Å². The van der Waals surface area contributed by atoms with E-state index in [1.807, 2.05) is 60.7 Å². The monoisotopic (exact) mass is 294 g/mol. The van der Waals surface area contributed by atoms with Crippen LogP contribution in [0.4, 0.5) is 4.79 Å². The number of ether oxygens (including phenoxy) is 2. The summed E-state index contributed by atoms with van der Waals surface area (Å²) >= 11 is 0. The molecule has 0 N–H and O–H groups in total. The first-order valence-corrected chi connectivity index (χ1v) is 6.93. The molecule has 0 saturated carbocycles. The standard InChI is InChI=1S/C19H18O3/c1-15(17-9-5-3-6-10-17)13-21-19(20)22-14-16(2)18-11-7-4-8-12-18/h3-12H,1-2,13-14H2. The summed E-state index contributed by atoms with van der Waals surface area (Å²) in [6.07, 6.45) is -0.728. The molecule has 0 amide bonds. The predicted octanol–water partition coefficient (Wildman–Crippen LogP) is 4.57. The van der Waals surface area contributed by atoms with E-state index in [-0.39, 0.29) is 13.2 Å². The van der Waals surface area contributed by atoms with Gasteiger partial charge in [-0.25, -0.2) is 4.79 Å². The molecule has 0 atom stereocenters. The van der Waals surface area contributed by atoms with Crippen LogP contribution < -0.4 is 0 Å². The van der Waals surface area contributed by atoms with Crippen LogP contribution in [0.15, 0.2) is 73.8 Å². The van der Waals surface area contributed by atoms with Crippen molar-refractivity contribution >= 4 is 17.3 Å². The van der Waals surface area contributed by atoms with Gasteiger partial charge in [-0.3, -0.25) is 0 Å². The zero-order chi connectivity index (χ0) is 15.8. The molecule has 0 saturated heterocycles. The molecule has 3 heteroatoms. The molecule has 3 nitrogen and oxygen atoms in total. The maximum Gasteiger partial charge on any atom is 0.508 e. The lowest BCUT2D eigenvalue weighted by Crippen LogP contribution is -2.10. The van der Waals surface area contributed by atoms with E-state index in [9.17, 15) is 4.79 Å². The van der Waals surface area contributed by atoms with Gasteiger partial charge < -0.3 is 9.47 Å². The highest BCUT2D eigenvalue weighted by molar-refractivity contribution is 5.70. The Labute approximate surface area is 130 Å². The molecule has 2 aromatic rings. The Morgan fingerprint density at radius 2 is 1.09 bits per heavy atom. The van der Waals surface area contributed by atoms with Gasteiger partial charge in [-0.1, -0.05) is 73.8 Å². The van der Waals surface area contributed by atoms with Crippen molar-refractivity contribution < 1.29 is 14.3 Å². The van der Waals surface area contributed by atoms with Gasteiger partial charge in [-0.15, -0.1) is 0 Å². The van der Waals surface area contributed by atoms with Crippen molar-refractivity contribution in [3.8, 4) is 0 Å². The van der Waals surface area contributed by atoms with E-state index in [0.717, 1.165) is 22.3 Å². The van der Waals surface area contributed by atoms with Gasteiger partial charge in [0, 0.05) is 0 Å². The molecule has 0 aliphatic rings. The Hall–Kier alpha value is -2.81. The summed E-state index contributed by atoms with van der Waals surface area (Å²) in [6, 6.07) is 19.1. The first-order valence-electron chi connectivity index (χ1n) is 6.93. The number of rotatable bonds is 6. The fourth-order valence-corrected chi connectivity index (χ4v) is 1.85. The maximum atomic E-state index is 11.6. The van der Waals surface area contributed by atoms with Crippen molar-refractivity contribution in [2.45, 2.75) is 0 Å². The summed E-state index contributed by atoms with van der Waals surface area (Å²) < 4.78 is 10.1. The van der Waals surface area contributed by atoms with E-state index in [1.165, 1.54) is 0 Å². The number of hydrogen-bond acceptors (Lipinski definition) is 3. The fraction of sp³-hybridized carbons (Fsp3) is 0.105. The van der Waals surface area contributed by atoms with Crippen molar-refractivity contribution in [3.63, 3.8) is 0 Å². The number of carbonyl (C=O) groups excluding carboxylic acids is 1. The molecule has 0 radical (unpaired) electrons. The minimum atomic E-state index is -0.728. The van der Waals surface area contributed by atoms with Gasteiger partial charge in [0.15, 0.2) is 0 Å². The second-order valence-electron chi connectivity index (χ2n) is 4.77. The first-order chi connectivity index (χ1) is 10.7. The predicted molar refractivity (Wildman–Crippen MR) is 88.3 cm³/mol. The fourth-order valence-electron chi connectivity index (χ4n) is 1.85. The van der Waals surface area contributed by atoms with Gasteiger partial charge in [0.05, 0.1) is 0 Å². The van der Waals surface area contributed by atoms with Crippen molar-refractivity contribution in [1.29, 1.82) is 0 Å². The lowest BCUT2D eigenvalue weighted by molar-refractivity contribution is 0.0746.